The monoisotopic (exact) mass is 1640 g/mol. The molecular weight excluding hydrogens is 1480 g/mol. The van der Waals surface area contributed by atoms with Crippen molar-refractivity contribution < 1.29 is 47.7 Å². The van der Waals surface area contributed by atoms with Crippen molar-refractivity contribution in [1.82, 2.24) is 0 Å². The Balaban J connectivity index is -0.000000687. The molecule has 0 heterocycles. The largest absolute Gasteiger partial charge is 0.458 e. The summed E-state index contributed by atoms with van der Waals surface area (Å²) >= 11 is 0. The fraction of sp³-hybridized carbons (Fsp3) is 0.409. The third-order valence-electron chi connectivity index (χ3n) is 21.2. The van der Waals surface area contributed by atoms with E-state index in [4.69, 9.17) is 23.7 Å². The van der Waals surface area contributed by atoms with Crippen LogP contribution in [0.1, 0.15) is 305 Å². The summed E-state index contributed by atoms with van der Waals surface area (Å²) in [6.45, 7) is 37.2. The van der Waals surface area contributed by atoms with Gasteiger partial charge < -0.3 is 23.7 Å². The third-order valence-corrected chi connectivity index (χ3v) is 21.2. The molecule has 8 unspecified atom stereocenters. The van der Waals surface area contributed by atoms with Crippen LogP contribution < -0.4 is 0 Å². The zero-order chi connectivity index (χ0) is 80.2. The van der Waals surface area contributed by atoms with Crippen LogP contribution in [0.4, 0.5) is 0 Å². The molecule has 0 saturated carbocycles. The maximum Gasteiger partial charge on any atom is 0.312 e. The van der Waals surface area contributed by atoms with E-state index in [1.165, 1.54) is 72.3 Å². The number of aryl methyl sites for hydroxylation is 2. The van der Waals surface area contributed by atoms with E-state index in [2.05, 4.69) is 178 Å². The molecule has 8 atom stereocenters. The number of ether oxygens (including phenoxy) is 5. The first kappa shape index (κ1) is 116. The second kappa shape index (κ2) is 56.1. The van der Waals surface area contributed by atoms with Crippen LogP contribution in [0.15, 0.2) is 249 Å². The lowest BCUT2D eigenvalue weighted by Gasteiger charge is -2.23. The van der Waals surface area contributed by atoms with Crippen LogP contribution in [0.5, 0.6) is 0 Å². The predicted molar refractivity (Wildman–Crippen MR) is 518 cm³/mol. The molecule has 120 heavy (non-hydrogen) atoms. The van der Waals surface area contributed by atoms with E-state index < -0.39 is 10.8 Å². The smallest absolute Gasteiger partial charge is 0.312 e. The zero-order valence-corrected chi connectivity index (χ0v) is 68.6. The average molecular weight is 1640 g/mol. The molecule has 0 aliphatic heterocycles. The third kappa shape index (κ3) is 34.0. The first-order valence-corrected chi connectivity index (χ1v) is 39.4. The Morgan fingerprint density at radius 2 is 0.500 bits per heavy atom. The van der Waals surface area contributed by atoms with Gasteiger partial charge >= 0.3 is 29.8 Å². The van der Waals surface area contributed by atoms with E-state index >= 15 is 0 Å². The molecule has 1 aliphatic rings. The number of hydrogen-bond acceptors (Lipinski definition) is 10. The quantitative estimate of drug-likeness (QED) is 0.0425. The van der Waals surface area contributed by atoms with Crippen molar-refractivity contribution in [2.24, 2.45) is 28.6 Å². The second-order valence-electron chi connectivity index (χ2n) is 30.4. The minimum atomic E-state index is -0.434. The Morgan fingerprint density at radius 1 is 0.275 bits per heavy atom. The highest BCUT2D eigenvalue weighted by atomic mass is 16.6. The molecular formula is C110H158O10. The number of esters is 5. The van der Waals surface area contributed by atoms with Crippen molar-refractivity contribution in [3.63, 3.8) is 0 Å². The molecule has 0 saturated heterocycles. The zero-order valence-electron chi connectivity index (χ0n) is 68.6. The number of carbonyl (C=O) groups is 5. The Labute approximate surface area is 731 Å². The Hall–Kier alpha value is -10.5. The number of benzene rings is 10. The predicted octanol–water partition coefficient (Wildman–Crippen LogP) is 32.7. The van der Waals surface area contributed by atoms with E-state index in [-0.39, 0.29) is 152 Å². The summed E-state index contributed by atoms with van der Waals surface area (Å²) in [5, 5.41) is 0. The molecule has 1 aliphatic carbocycles. The normalized spacial score (nSPS) is 12.3. The molecule has 0 radical (unpaired) electrons. The molecule has 0 N–H and O–H groups in total. The van der Waals surface area contributed by atoms with E-state index in [1.54, 1.807) is 0 Å². The molecule has 0 amide bonds. The van der Waals surface area contributed by atoms with Gasteiger partial charge in [-0.3, -0.25) is 24.0 Å². The van der Waals surface area contributed by atoms with Gasteiger partial charge in [0.15, 0.2) is 0 Å². The molecule has 10 nitrogen and oxygen atoms in total. The van der Waals surface area contributed by atoms with Crippen molar-refractivity contribution in [3.8, 4) is 55.6 Å². The highest BCUT2D eigenvalue weighted by Crippen LogP contribution is 2.39. The van der Waals surface area contributed by atoms with Crippen molar-refractivity contribution in [1.29, 1.82) is 0 Å². The average Bonchev–Trinajstić information content (AvgIpc) is 1.63. The fourth-order valence-electron chi connectivity index (χ4n) is 11.6. The first-order valence-electron chi connectivity index (χ1n) is 39.4. The maximum atomic E-state index is 12.2. The van der Waals surface area contributed by atoms with Crippen LogP contribution in [0, 0.1) is 42.4 Å². The number of carbonyl (C=O) groups excluding carboxylic acids is 5. The topological polar surface area (TPSA) is 132 Å². The van der Waals surface area contributed by atoms with Crippen molar-refractivity contribution in [2.75, 3.05) is 0 Å². The van der Waals surface area contributed by atoms with Crippen molar-refractivity contribution in [2.45, 2.75) is 275 Å². The number of rotatable bonds is 24. The summed E-state index contributed by atoms with van der Waals surface area (Å²) in [4.78, 5) is 60.0. The summed E-state index contributed by atoms with van der Waals surface area (Å²) < 4.78 is 27.8. The lowest BCUT2D eigenvalue weighted by molar-refractivity contribution is -0.160. The minimum absolute atomic E-state index is 0. The van der Waals surface area contributed by atoms with Crippen LogP contribution in [0.3, 0.4) is 0 Å². The maximum absolute atomic E-state index is 12.2. The van der Waals surface area contributed by atoms with Gasteiger partial charge in [-0.15, -0.1) is 0 Å². The standard InChI is InChI=1S/C21H26O2.C20H22O2.2C20H24O2.C19H22O2.10CH4/c1-6-21(4,5)20(22)23-16(3)17-11-13-19(14-12-17)18-9-7-15(2)8-10-18;1-4-13(2)20(21)22-14(3)15-9-10-19-17(11-15)12-16-7-5-6-8-18(16)19;1-5-15(3)20(21)22-16(4)17-10-12-19(13-11-17)18-8-6-14(2)7-9-18;1-5-20(3,4)19(21)22-15(2)16-11-13-18(14-12-16)17-9-7-6-8-10-17;1-4-14(2)19(20)21-15(3)16-10-12-18(13-11-16)17-8-6-5-7-9-17;;;;;;;;;;/h7-14,16H,6H2,1-5H3;5-11,13-14H,4,12H2,1-3H3;6-13,15-16H,5H2,1-4H3;6-15H,5H2,1-4H3;5-15H,4H2,1-3H3;10*1H4. The molecule has 0 fully saturated rings. The molecule has 10 aromatic rings. The van der Waals surface area contributed by atoms with Crippen LogP contribution in [0.25, 0.3) is 55.6 Å². The first-order chi connectivity index (χ1) is 52.5. The molecule has 10 heteroatoms. The van der Waals surface area contributed by atoms with Gasteiger partial charge in [-0.2, -0.15) is 0 Å². The van der Waals surface area contributed by atoms with Crippen molar-refractivity contribution in [3.05, 3.63) is 299 Å². The Kier molecular flexibility index (Phi) is 54.2. The summed E-state index contributed by atoms with van der Waals surface area (Å²) in [5.41, 5.74) is 21.5. The molecule has 11 rings (SSSR count). The van der Waals surface area contributed by atoms with Crippen molar-refractivity contribution >= 4 is 29.8 Å². The fourth-order valence-corrected chi connectivity index (χ4v) is 11.6. The van der Waals surface area contributed by atoms with Gasteiger partial charge in [-0.05, 0) is 209 Å². The van der Waals surface area contributed by atoms with Gasteiger partial charge in [0, 0.05) is 0 Å². The second-order valence-corrected chi connectivity index (χ2v) is 30.4. The highest BCUT2D eigenvalue weighted by Gasteiger charge is 2.31. The van der Waals surface area contributed by atoms with Gasteiger partial charge in [-0.25, -0.2) is 0 Å². The SMILES string of the molecule is C.C.C.C.C.C.C.C.C.C.CCC(C)(C)C(=O)OC(C)c1ccc(-c2ccc(C)cc2)cc1.CCC(C)(C)C(=O)OC(C)c1ccc(-c2ccccc2)cc1.CCC(C)C(=O)OC(C)c1ccc(-c2ccc(C)cc2)cc1.CCC(C)C(=O)OC(C)c1ccc(-c2ccccc2)cc1.CCC(C)C(=O)OC(C)c1ccc2c(c1)Cc1ccccc1-2. The summed E-state index contributed by atoms with van der Waals surface area (Å²) in [5.74, 6) is -0.787. The lowest BCUT2D eigenvalue weighted by atomic mass is 9.90. The molecule has 10 aromatic carbocycles. The van der Waals surface area contributed by atoms with Gasteiger partial charge in [0.05, 0.1) is 28.6 Å². The van der Waals surface area contributed by atoms with Crippen LogP contribution in [-0.4, -0.2) is 29.8 Å². The molecule has 0 aromatic heterocycles. The molecule has 0 bridgehead atoms. The van der Waals surface area contributed by atoms with Gasteiger partial charge in [0.2, 0.25) is 0 Å². The lowest BCUT2D eigenvalue weighted by Crippen LogP contribution is -2.26. The summed E-state index contributed by atoms with van der Waals surface area (Å²) in [6, 6.07) is 85.2. The van der Waals surface area contributed by atoms with Crippen LogP contribution in [0.2, 0.25) is 0 Å². The van der Waals surface area contributed by atoms with E-state index in [9.17, 15) is 24.0 Å². The number of hydrogen-bond donors (Lipinski definition) is 0. The summed E-state index contributed by atoms with van der Waals surface area (Å²) in [6.07, 6.45) is 3.83. The van der Waals surface area contributed by atoms with E-state index in [1.807, 2.05) is 203 Å². The van der Waals surface area contributed by atoms with Gasteiger partial charge in [0.1, 0.15) is 30.5 Å². The van der Waals surface area contributed by atoms with E-state index in [0.29, 0.717) is 0 Å². The summed E-state index contributed by atoms with van der Waals surface area (Å²) in [7, 11) is 0. The molecule has 0 spiro atoms. The molecule has 658 valence electrons. The Bertz CT molecular complexity index is 4500. The van der Waals surface area contributed by atoms with Crippen LogP contribution in [-0.2, 0) is 54.1 Å². The van der Waals surface area contributed by atoms with E-state index in [0.717, 1.165) is 71.9 Å². The minimum Gasteiger partial charge on any atom is -0.458 e. The Morgan fingerprint density at radius 3 is 0.775 bits per heavy atom. The van der Waals surface area contributed by atoms with Gasteiger partial charge in [-0.1, -0.05) is 390 Å². The number of fused-ring (bicyclic) bond motifs is 3. The van der Waals surface area contributed by atoms with Crippen LogP contribution >= 0.6 is 0 Å². The highest BCUT2D eigenvalue weighted by molar-refractivity contribution is 5.79. The van der Waals surface area contributed by atoms with Gasteiger partial charge in [0.25, 0.3) is 0 Å².